The minimum Gasteiger partial charge on any atom is -0.468 e. The van der Waals surface area contributed by atoms with Crippen molar-refractivity contribution in [1.82, 2.24) is 9.88 Å². The molecule has 1 aromatic carbocycles. The summed E-state index contributed by atoms with van der Waals surface area (Å²) in [4.78, 5) is 32.3. The standard InChI is InChI=1S/C18H21N3O3/c1-12-10-16(14-6-4-5-7-15(14)19-12)21-9-8-20(11-17(22)24-3)18(23)13(21)2/h4-7,10,13H,8-9,11H2,1-3H3. The highest BCUT2D eigenvalue weighted by Gasteiger charge is 2.33. The number of carbonyl (C=O) groups is 2. The number of para-hydroxylation sites is 1. The Labute approximate surface area is 141 Å². The highest BCUT2D eigenvalue weighted by molar-refractivity contribution is 5.96. The molecule has 1 unspecified atom stereocenters. The zero-order valence-electron chi connectivity index (χ0n) is 14.2. The number of esters is 1. The molecule has 24 heavy (non-hydrogen) atoms. The first-order valence-electron chi connectivity index (χ1n) is 8.00. The van der Waals surface area contributed by atoms with Crippen molar-refractivity contribution in [3.8, 4) is 0 Å². The number of pyridine rings is 1. The van der Waals surface area contributed by atoms with Crippen LogP contribution in [0.25, 0.3) is 10.9 Å². The molecule has 1 fully saturated rings. The van der Waals surface area contributed by atoms with Crippen molar-refractivity contribution in [3.63, 3.8) is 0 Å². The topological polar surface area (TPSA) is 62.7 Å². The van der Waals surface area contributed by atoms with Gasteiger partial charge in [-0.15, -0.1) is 0 Å². The Balaban J connectivity index is 1.92. The largest absolute Gasteiger partial charge is 0.468 e. The van der Waals surface area contributed by atoms with E-state index >= 15 is 0 Å². The number of nitrogens with zero attached hydrogens (tertiary/aromatic N) is 3. The maximum Gasteiger partial charge on any atom is 0.325 e. The number of ether oxygens (including phenoxy) is 1. The molecule has 2 aromatic rings. The lowest BCUT2D eigenvalue weighted by atomic mass is 10.1. The third-order valence-corrected chi connectivity index (χ3v) is 4.43. The molecule has 1 aromatic heterocycles. The number of aryl methyl sites for hydroxylation is 1. The minimum atomic E-state index is -0.394. The molecule has 6 nitrogen and oxygen atoms in total. The van der Waals surface area contributed by atoms with E-state index in [-0.39, 0.29) is 18.5 Å². The monoisotopic (exact) mass is 327 g/mol. The van der Waals surface area contributed by atoms with Gasteiger partial charge >= 0.3 is 5.97 Å². The molecule has 0 saturated carbocycles. The summed E-state index contributed by atoms with van der Waals surface area (Å²) in [6.07, 6.45) is 0. The predicted molar refractivity (Wildman–Crippen MR) is 91.9 cm³/mol. The maximum absolute atomic E-state index is 12.6. The van der Waals surface area contributed by atoms with Crippen LogP contribution in [-0.2, 0) is 14.3 Å². The van der Waals surface area contributed by atoms with Crippen LogP contribution in [-0.4, -0.2) is 54.5 Å². The fourth-order valence-electron chi connectivity index (χ4n) is 3.16. The fourth-order valence-corrected chi connectivity index (χ4v) is 3.16. The second kappa shape index (κ2) is 6.47. The zero-order valence-corrected chi connectivity index (χ0v) is 14.2. The van der Waals surface area contributed by atoms with Crippen LogP contribution in [0.15, 0.2) is 30.3 Å². The van der Waals surface area contributed by atoms with Gasteiger partial charge in [-0.05, 0) is 26.0 Å². The number of aromatic nitrogens is 1. The molecule has 126 valence electrons. The SMILES string of the molecule is COC(=O)CN1CCN(c2cc(C)nc3ccccc23)C(C)C1=O. The number of anilines is 1. The lowest BCUT2D eigenvalue weighted by Gasteiger charge is -2.40. The molecule has 1 aliphatic heterocycles. The number of piperazine rings is 1. The number of benzene rings is 1. The van der Waals surface area contributed by atoms with E-state index in [1.165, 1.54) is 7.11 Å². The molecular formula is C18H21N3O3. The van der Waals surface area contributed by atoms with Gasteiger partial charge in [-0.3, -0.25) is 14.6 Å². The third kappa shape index (κ3) is 2.91. The smallest absolute Gasteiger partial charge is 0.325 e. The number of rotatable bonds is 3. The quantitative estimate of drug-likeness (QED) is 0.804. The van der Waals surface area contributed by atoms with Gasteiger partial charge in [0.05, 0.1) is 12.6 Å². The lowest BCUT2D eigenvalue weighted by Crippen LogP contribution is -2.57. The van der Waals surface area contributed by atoms with Gasteiger partial charge in [-0.1, -0.05) is 18.2 Å². The molecule has 3 rings (SSSR count). The number of hydrogen-bond donors (Lipinski definition) is 0. The predicted octanol–water partition coefficient (Wildman–Crippen LogP) is 1.75. The van der Waals surface area contributed by atoms with Crippen LogP contribution in [0.2, 0.25) is 0 Å². The van der Waals surface area contributed by atoms with Crippen LogP contribution in [0.3, 0.4) is 0 Å². The number of carbonyl (C=O) groups excluding carboxylic acids is 2. The molecule has 0 spiro atoms. The second-order valence-electron chi connectivity index (χ2n) is 6.01. The van der Waals surface area contributed by atoms with Crippen LogP contribution in [0, 0.1) is 6.92 Å². The van der Waals surface area contributed by atoms with E-state index in [9.17, 15) is 9.59 Å². The fraction of sp³-hybridized carbons (Fsp3) is 0.389. The highest BCUT2D eigenvalue weighted by atomic mass is 16.5. The molecule has 0 bridgehead atoms. The first kappa shape index (κ1) is 16.2. The van der Waals surface area contributed by atoms with Crippen LogP contribution in [0.1, 0.15) is 12.6 Å². The van der Waals surface area contributed by atoms with Gasteiger partial charge in [0.1, 0.15) is 12.6 Å². The summed E-state index contributed by atoms with van der Waals surface area (Å²) in [5.74, 6) is -0.459. The Hall–Kier alpha value is -2.63. The van der Waals surface area contributed by atoms with Gasteiger partial charge in [-0.25, -0.2) is 0 Å². The van der Waals surface area contributed by atoms with Crippen LogP contribution in [0.4, 0.5) is 5.69 Å². The second-order valence-corrected chi connectivity index (χ2v) is 6.01. The van der Waals surface area contributed by atoms with Gasteiger partial charge in [0.2, 0.25) is 5.91 Å². The van der Waals surface area contributed by atoms with E-state index in [4.69, 9.17) is 0 Å². The number of fused-ring (bicyclic) bond motifs is 1. The van der Waals surface area contributed by atoms with Crippen molar-refractivity contribution in [2.45, 2.75) is 19.9 Å². The van der Waals surface area contributed by atoms with Gasteiger partial charge in [0, 0.05) is 29.9 Å². The minimum absolute atomic E-state index is 0.00361. The van der Waals surface area contributed by atoms with E-state index < -0.39 is 5.97 Å². The van der Waals surface area contributed by atoms with Crippen molar-refractivity contribution in [3.05, 3.63) is 36.0 Å². The summed E-state index contributed by atoms with van der Waals surface area (Å²) in [5.41, 5.74) is 2.85. The Morgan fingerprint density at radius 3 is 2.83 bits per heavy atom. The average molecular weight is 327 g/mol. The Kier molecular flexibility index (Phi) is 4.38. The van der Waals surface area contributed by atoms with E-state index in [1.807, 2.05) is 44.2 Å². The molecule has 1 saturated heterocycles. The third-order valence-electron chi connectivity index (χ3n) is 4.43. The molecule has 1 aliphatic rings. The van der Waals surface area contributed by atoms with Crippen molar-refractivity contribution < 1.29 is 14.3 Å². The van der Waals surface area contributed by atoms with Crippen LogP contribution in [0.5, 0.6) is 0 Å². The maximum atomic E-state index is 12.6. The number of amides is 1. The summed E-state index contributed by atoms with van der Waals surface area (Å²) in [6.45, 7) is 4.99. The Morgan fingerprint density at radius 1 is 1.33 bits per heavy atom. The van der Waals surface area contributed by atoms with E-state index in [0.717, 1.165) is 22.3 Å². The zero-order chi connectivity index (χ0) is 17.3. The molecule has 0 radical (unpaired) electrons. The molecule has 2 heterocycles. The molecular weight excluding hydrogens is 306 g/mol. The van der Waals surface area contributed by atoms with E-state index in [1.54, 1.807) is 4.90 Å². The summed E-state index contributed by atoms with van der Waals surface area (Å²) in [6, 6.07) is 9.61. The highest BCUT2D eigenvalue weighted by Crippen LogP contribution is 2.29. The molecule has 6 heteroatoms. The van der Waals surface area contributed by atoms with Crippen LogP contribution >= 0.6 is 0 Å². The molecule has 1 atom stereocenters. The normalized spacial score (nSPS) is 18.1. The van der Waals surface area contributed by atoms with Gasteiger partial charge in [0.15, 0.2) is 0 Å². The summed E-state index contributed by atoms with van der Waals surface area (Å²) in [7, 11) is 1.33. The first-order chi connectivity index (χ1) is 11.5. The summed E-state index contributed by atoms with van der Waals surface area (Å²) < 4.78 is 4.67. The van der Waals surface area contributed by atoms with E-state index in [2.05, 4.69) is 14.6 Å². The first-order valence-corrected chi connectivity index (χ1v) is 8.00. The summed E-state index contributed by atoms with van der Waals surface area (Å²) >= 11 is 0. The van der Waals surface area contributed by atoms with Crippen molar-refractivity contribution in [2.24, 2.45) is 0 Å². The Morgan fingerprint density at radius 2 is 2.08 bits per heavy atom. The molecule has 1 amide bonds. The van der Waals surface area contributed by atoms with Crippen molar-refractivity contribution >= 4 is 28.5 Å². The Bertz CT molecular complexity index is 790. The molecule has 0 N–H and O–H groups in total. The van der Waals surface area contributed by atoms with Crippen molar-refractivity contribution in [2.75, 3.05) is 31.6 Å². The molecule has 0 aliphatic carbocycles. The number of methoxy groups -OCH3 is 1. The summed E-state index contributed by atoms with van der Waals surface area (Å²) in [5, 5.41) is 1.03. The number of hydrogen-bond acceptors (Lipinski definition) is 5. The average Bonchev–Trinajstić information content (AvgIpc) is 2.58. The van der Waals surface area contributed by atoms with Crippen molar-refractivity contribution in [1.29, 1.82) is 0 Å². The van der Waals surface area contributed by atoms with Gasteiger partial charge < -0.3 is 14.5 Å². The lowest BCUT2D eigenvalue weighted by molar-refractivity contribution is -0.148. The van der Waals surface area contributed by atoms with E-state index in [0.29, 0.717) is 13.1 Å². The van der Waals surface area contributed by atoms with Gasteiger partial charge in [-0.2, -0.15) is 0 Å². The van der Waals surface area contributed by atoms with Gasteiger partial charge in [0.25, 0.3) is 0 Å². The van der Waals surface area contributed by atoms with Crippen LogP contribution < -0.4 is 4.90 Å².